The second-order valence-electron chi connectivity index (χ2n) is 5.72. The van der Waals surface area contributed by atoms with Gasteiger partial charge in [-0.2, -0.15) is 0 Å². The van der Waals surface area contributed by atoms with E-state index in [1.54, 1.807) is 23.6 Å². The fourth-order valence-electron chi connectivity index (χ4n) is 2.33. The lowest BCUT2D eigenvalue weighted by Gasteiger charge is -2.08. The van der Waals surface area contributed by atoms with Crippen molar-refractivity contribution >= 4 is 38.6 Å². The van der Waals surface area contributed by atoms with Crippen molar-refractivity contribution in [1.82, 2.24) is 5.32 Å². The second-order valence-corrected chi connectivity index (χ2v) is 8.58. The highest BCUT2D eigenvalue weighted by Gasteiger charge is 2.15. The molecule has 0 saturated carbocycles. The maximum atomic E-state index is 12.2. The number of nitro groups is 1. The summed E-state index contributed by atoms with van der Waals surface area (Å²) in [5.74, 6) is -0.342. The molecule has 0 bridgehead atoms. The Bertz CT molecular complexity index is 1080. The number of rotatable bonds is 7. The van der Waals surface area contributed by atoms with Crippen LogP contribution in [0.1, 0.15) is 15.9 Å². The molecule has 144 valence electrons. The van der Waals surface area contributed by atoms with Gasteiger partial charge in [-0.1, -0.05) is 18.2 Å². The van der Waals surface area contributed by atoms with Crippen LogP contribution in [0.4, 0.5) is 11.4 Å². The summed E-state index contributed by atoms with van der Waals surface area (Å²) in [5.41, 5.74) is 1.41. The summed E-state index contributed by atoms with van der Waals surface area (Å²) in [6.45, 7) is 0.212. The SMILES string of the molecule is O=C(NCc1ccc([N+](=O)[O-])cc1)c1ccc(NS(=O)(=O)c2cccs2)cc1. The standard InChI is InChI=1S/C18H15N3O5S2/c22-18(19-12-13-3-9-16(10-4-13)21(23)24)14-5-7-15(8-6-14)20-28(25,26)17-2-1-11-27-17/h1-11,20H,12H2,(H,19,22). The van der Waals surface area contributed by atoms with Crippen molar-refractivity contribution in [3.05, 3.63) is 87.3 Å². The summed E-state index contributed by atoms with van der Waals surface area (Å²) in [6.07, 6.45) is 0. The summed E-state index contributed by atoms with van der Waals surface area (Å²) < 4.78 is 27.0. The Hall–Kier alpha value is -3.24. The fraction of sp³-hybridized carbons (Fsp3) is 0.0556. The minimum absolute atomic E-state index is 0.0179. The van der Waals surface area contributed by atoms with Crippen LogP contribution in [-0.2, 0) is 16.6 Å². The number of sulfonamides is 1. The van der Waals surface area contributed by atoms with E-state index in [1.165, 1.54) is 42.5 Å². The lowest BCUT2D eigenvalue weighted by molar-refractivity contribution is -0.384. The molecule has 0 spiro atoms. The maximum absolute atomic E-state index is 12.2. The molecule has 8 nitrogen and oxygen atoms in total. The first-order valence-electron chi connectivity index (χ1n) is 8.03. The van der Waals surface area contributed by atoms with Gasteiger partial charge in [0.15, 0.2) is 0 Å². The van der Waals surface area contributed by atoms with E-state index < -0.39 is 14.9 Å². The summed E-state index contributed by atoms with van der Waals surface area (Å²) in [6, 6.07) is 15.1. The third kappa shape index (κ3) is 4.72. The van der Waals surface area contributed by atoms with Gasteiger partial charge < -0.3 is 5.32 Å². The molecule has 3 aromatic rings. The van der Waals surface area contributed by atoms with Gasteiger partial charge in [0.25, 0.3) is 21.6 Å². The van der Waals surface area contributed by atoms with Crippen LogP contribution >= 0.6 is 11.3 Å². The van der Waals surface area contributed by atoms with Gasteiger partial charge in [0, 0.05) is 29.9 Å². The van der Waals surface area contributed by atoms with E-state index in [-0.39, 0.29) is 22.3 Å². The first-order valence-corrected chi connectivity index (χ1v) is 10.4. The third-order valence-electron chi connectivity index (χ3n) is 3.76. The van der Waals surface area contributed by atoms with Crippen LogP contribution in [-0.4, -0.2) is 19.2 Å². The minimum atomic E-state index is -3.64. The number of carbonyl (C=O) groups is 1. The van der Waals surface area contributed by atoms with E-state index in [2.05, 4.69) is 10.0 Å². The molecule has 0 aliphatic rings. The summed E-state index contributed by atoms with van der Waals surface area (Å²) >= 11 is 1.11. The van der Waals surface area contributed by atoms with Crippen molar-refractivity contribution in [3.63, 3.8) is 0 Å². The number of anilines is 1. The van der Waals surface area contributed by atoms with Gasteiger partial charge in [0.1, 0.15) is 4.21 Å². The van der Waals surface area contributed by atoms with Crippen LogP contribution in [0.5, 0.6) is 0 Å². The van der Waals surface area contributed by atoms with Gasteiger partial charge in [0.05, 0.1) is 4.92 Å². The number of nitrogens with zero attached hydrogens (tertiary/aromatic N) is 1. The molecule has 0 saturated heterocycles. The lowest BCUT2D eigenvalue weighted by atomic mass is 10.1. The third-order valence-corrected chi connectivity index (χ3v) is 6.54. The van der Waals surface area contributed by atoms with Crippen LogP contribution in [0.2, 0.25) is 0 Å². The molecule has 0 radical (unpaired) electrons. The number of nitrogens with one attached hydrogen (secondary N) is 2. The van der Waals surface area contributed by atoms with Crippen LogP contribution in [0.25, 0.3) is 0 Å². The average molecular weight is 417 g/mol. The predicted octanol–water partition coefficient (Wildman–Crippen LogP) is 3.39. The van der Waals surface area contributed by atoms with Crippen LogP contribution in [0.3, 0.4) is 0 Å². The van der Waals surface area contributed by atoms with E-state index in [0.717, 1.165) is 16.9 Å². The van der Waals surface area contributed by atoms with Crippen LogP contribution in [0, 0.1) is 10.1 Å². The summed E-state index contributed by atoms with van der Waals surface area (Å²) in [5, 5.41) is 15.0. The Morgan fingerprint density at radius 2 is 1.71 bits per heavy atom. The van der Waals surface area contributed by atoms with Gasteiger partial charge in [-0.25, -0.2) is 8.42 Å². The molecule has 1 amide bonds. The molecule has 2 N–H and O–H groups in total. The zero-order valence-electron chi connectivity index (χ0n) is 14.4. The van der Waals surface area contributed by atoms with Crippen molar-refractivity contribution in [2.75, 3.05) is 4.72 Å². The van der Waals surface area contributed by atoms with Crippen molar-refractivity contribution in [3.8, 4) is 0 Å². The zero-order chi connectivity index (χ0) is 20.1. The number of benzene rings is 2. The zero-order valence-corrected chi connectivity index (χ0v) is 16.0. The predicted molar refractivity (Wildman–Crippen MR) is 106 cm³/mol. The van der Waals surface area contributed by atoms with Gasteiger partial charge in [-0.05, 0) is 41.3 Å². The van der Waals surface area contributed by atoms with Crippen molar-refractivity contribution < 1.29 is 18.1 Å². The molecule has 0 aliphatic carbocycles. The number of carbonyl (C=O) groups excluding carboxylic acids is 1. The number of hydrogen-bond donors (Lipinski definition) is 2. The highest BCUT2D eigenvalue weighted by Crippen LogP contribution is 2.20. The van der Waals surface area contributed by atoms with E-state index in [9.17, 15) is 23.3 Å². The first kappa shape index (κ1) is 19.5. The Labute approximate surface area is 165 Å². The topological polar surface area (TPSA) is 118 Å². The van der Waals surface area contributed by atoms with Gasteiger partial charge in [-0.15, -0.1) is 11.3 Å². The van der Waals surface area contributed by atoms with Crippen molar-refractivity contribution in [2.24, 2.45) is 0 Å². The van der Waals surface area contributed by atoms with Gasteiger partial charge >= 0.3 is 0 Å². The first-order chi connectivity index (χ1) is 13.3. The van der Waals surface area contributed by atoms with Crippen molar-refractivity contribution in [2.45, 2.75) is 10.8 Å². The summed E-state index contributed by atoms with van der Waals surface area (Å²) in [7, 11) is -3.64. The average Bonchev–Trinajstić information content (AvgIpc) is 3.22. The molecule has 10 heteroatoms. The molecule has 0 aliphatic heterocycles. The molecule has 0 atom stereocenters. The van der Waals surface area contributed by atoms with Crippen LogP contribution < -0.4 is 10.0 Å². The number of hydrogen-bond acceptors (Lipinski definition) is 6. The molecular formula is C18H15N3O5S2. The monoisotopic (exact) mass is 417 g/mol. The van der Waals surface area contributed by atoms with E-state index in [4.69, 9.17) is 0 Å². The summed E-state index contributed by atoms with van der Waals surface area (Å²) in [4.78, 5) is 22.4. The Morgan fingerprint density at radius 3 is 2.29 bits per heavy atom. The number of non-ortho nitro benzene ring substituents is 1. The maximum Gasteiger partial charge on any atom is 0.271 e. The Kier molecular flexibility index (Phi) is 5.71. The highest BCUT2D eigenvalue weighted by molar-refractivity contribution is 7.94. The number of amides is 1. The molecule has 28 heavy (non-hydrogen) atoms. The molecular weight excluding hydrogens is 402 g/mol. The molecule has 2 aromatic carbocycles. The molecule has 1 aromatic heterocycles. The van der Waals surface area contributed by atoms with Crippen molar-refractivity contribution in [1.29, 1.82) is 0 Å². The van der Waals surface area contributed by atoms with Crippen LogP contribution in [0.15, 0.2) is 70.3 Å². The quantitative estimate of drug-likeness (QED) is 0.451. The second kappa shape index (κ2) is 8.19. The highest BCUT2D eigenvalue weighted by atomic mass is 32.2. The van der Waals surface area contributed by atoms with Gasteiger partial charge in [0.2, 0.25) is 0 Å². The Balaban J connectivity index is 1.60. The molecule has 1 heterocycles. The van der Waals surface area contributed by atoms with E-state index in [1.807, 2.05) is 0 Å². The normalized spacial score (nSPS) is 11.0. The number of nitro benzene ring substituents is 1. The minimum Gasteiger partial charge on any atom is -0.348 e. The fourth-order valence-corrected chi connectivity index (χ4v) is 4.38. The Morgan fingerprint density at radius 1 is 1.04 bits per heavy atom. The largest absolute Gasteiger partial charge is 0.348 e. The van der Waals surface area contributed by atoms with E-state index in [0.29, 0.717) is 11.3 Å². The van der Waals surface area contributed by atoms with Gasteiger partial charge in [-0.3, -0.25) is 19.6 Å². The van der Waals surface area contributed by atoms with E-state index >= 15 is 0 Å². The smallest absolute Gasteiger partial charge is 0.271 e. The number of thiophene rings is 1. The molecule has 0 unspecified atom stereocenters. The molecule has 0 fully saturated rings. The lowest BCUT2D eigenvalue weighted by Crippen LogP contribution is -2.22. The molecule has 3 rings (SSSR count).